The quantitative estimate of drug-likeness (QED) is 0.640. The number of nitrogens with one attached hydrogen (secondary N) is 2. The number of nitrogens with zero attached hydrogens (tertiary/aromatic N) is 1. The van der Waals surface area contributed by atoms with Crippen LogP contribution in [0.15, 0.2) is 59.6 Å². The highest BCUT2D eigenvalue weighted by Gasteiger charge is 2.44. The van der Waals surface area contributed by atoms with E-state index in [9.17, 15) is 0 Å². The van der Waals surface area contributed by atoms with E-state index >= 15 is 0 Å². The van der Waals surface area contributed by atoms with Gasteiger partial charge in [0.1, 0.15) is 5.84 Å². The molecule has 0 saturated heterocycles. The van der Waals surface area contributed by atoms with Gasteiger partial charge in [-0.25, -0.2) is 0 Å². The van der Waals surface area contributed by atoms with Gasteiger partial charge in [0.25, 0.3) is 0 Å². The molecule has 3 heteroatoms. The lowest BCUT2D eigenvalue weighted by atomic mass is 9.68. The number of rotatable bonds is 2. The first-order valence-electron chi connectivity index (χ1n) is 10.3. The Balaban J connectivity index is 0.00000102. The third kappa shape index (κ3) is 4.35. The molecule has 1 heterocycles. The average Bonchev–Trinajstić information content (AvgIpc) is 2.71. The second kappa shape index (κ2) is 8.16. The maximum absolute atomic E-state index is 5.02. The Morgan fingerprint density at radius 2 is 1.41 bits per heavy atom. The molecule has 0 atom stereocenters. The molecule has 2 aromatic rings. The number of aliphatic imine (C=N–C) groups is 1. The molecule has 1 saturated carbocycles. The first-order valence-corrected chi connectivity index (χ1v) is 10.3. The van der Waals surface area contributed by atoms with Gasteiger partial charge in [0.05, 0.1) is 23.5 Å². The van der Waals surface area contributed by atoms with Gasteiger partial charge in [0, 0.05) is 0 Å². The van der Waals surface area contributed by atoms with E-state index in [1.807, 2.05) is 13.8 Å². The van der Waals surface area contributed by atoms with Crippen LogP contribution in [0, 0.1) is 5.41 Å². The van der Waals surface area contributed by atoms with Crippen molar-refractivity contribution in [3.63, 3.8) is 0 Å². The average molecular weight is 364 g/mol. The van der Waals surface area contributed by atoms with Crippen LogP contribution < -0.4 is 10.6 Å². The number of amidine groups is 1. The Hall–Kier alpha value is -2.29. The zero-order chi connectivity index (χ0) is 19.3. The number of benzene rings is 2. The normalized spacial score (nSPS) is 20.7. The Bertz CT molecular complexity index is 767. The van der Waals surface area contributed by atoms with Crippen LogP contribution in [0.5, 0.6) is 0 Å². The van der Waals surface area contributed by atoms with Crippen LogP contribution in [-0.4, -0.2) is 11.4 Å². The van der Waals surface area contributed by atoms with E-state index in [4.69, 9.17) is 4.99 Å². The summed E-state index contributed by atoms with van der Waals surface area (Å²) in [5, 5.41) is 7.49. The molecule has 4 rings (SSSR count). The molecule has 1 spiro atoms. The summed E-state index contributed by atoms with van der Waals surface area (Å²) in [6.07, 6.45) is 4.67. The predicted octanol–water partition coefficient (Wildman–Crippen LogP) is 6.49. The molecule has 1 aliphatic heterocycles. The molecule has 2 aliphatic rings. The van der Waals surface area contributed by atoms with Crippen molar-refractivity contribution in [2.75, 3.05) is 10.6 Å². The SMILES string of the molecule is CC.CC1(C)CCC2(CC1)Nc1ccccc1NC2=NCc1ccccc1. The van der Waals surface area contributed by atoms with E-state index in [2.05, 4.69) is 79.1 Å². The Labute approximate surface area is 164 Å². The van der Waals surface area contributed by atoms with Crippen LogP contribution in [0.1, 0.15) is 58.9 Å². The summed E-state index contributed by atoms with van der Waals surface area (Å²) in [6.45, 7) is 9.48. The minimum atomic E-state index is -0.0569. The second-order valence-corrected chi connectivity index (χ2v) is 8.19. The summed E-state index contributed by atoms with van der Waals surface area (Å²) in [7, 11) is 0. The van der Waals surface area contributed by atoms with Crippen LogP contribution in [0.2, 0.25) is 0 Å². The maximum Gasteiger partial charge on any atom is 0.127 e. The monoisotopic (exact) mass is 363 g/mol. The van der Waals surface area contributed by atoms with E-state index in [-0.39, 0.29) is 5.54 Å². The third-order valence-corrected chi connectivity index (χ3v) is 5.73. The van der Waals surface area contributed by atoms with Crippen LogP contribution >= 0.6 is 0 Å². The van der Waals surface area contributed by atoms with Crippen molar-refractivity contribution in [1.29, 1.82) is 0 Å². The first kappa shape index (κ1) is 19.5. The molecular weight excluding hydrogens is 330 g/mol. The van der Waals surface area contributed by atoms with Gasteiger partial charge in [-0.3, -0.25) is 4.99 Å². The van der Waals surface area contributed by atoms with Crippen molar-refractivity contribution in [3.05, 3.63) is 60.2 Å². The van der Waals surface area contributed by atoms with Crippen LogP contribution in [0.3, 0.4) is 0 Å². The van der Waals surface area contributed by atoms with E-state index in [0.717, 1.165) is 30.9 Å². The molecule has 0 unspecified atom stereocenters. The standard InChI is InChI=1S/C22H27N3.C2H6/c1-21(2)12-14-22(15-13-21)20(23-16-17-8-4-3-5-9-17)24-18-10-6-7-11-19(18)25-22;1-2/h3-11,25H,12-16H2,1-2H3,(H,23,24);1-2H3. The predicted molar refractivity (Wildman–Crippen MR) is 118 cm³/mol. The number of hydrogen-bond donors (Lipinski definition) is 2. The molecule has 0 bridgehead atoms. The lowest BCUT2D eigenvalue weighted by Gasteiger charge is -2.47. The Morgan fingerprint density at radius 1 is 0.815 bits per heavy atom. The van der Waals surface area contributed by atoms with Crippen molar-refractivity contribution in [3.8, 4) is 0 Å². The van der Waals surface area contributed by atoms with Gasteiger partial charge in [0.15, 0.2) is 0 Å². The van der Waals surface area contributed by atoms with Crippen molar-refractivity contribution < 1.29 is 0 Å². The number of hydrogen-bond acceptors (Lipinski definition) is 2. The van der Waals surface area contributed by atoms with Gasteiger partial charge in [0.2, 0.25) is 0 Å². The molecular formula is C24H33N3. The lowest BCUT2D eigenvalue weighted by Crippen LogP contribution is -2.55. The Morgan fingerprint density at radius 3 is 2.07 bits per heavy atom. The Kier molecular flexibility index (Phi) is 5.88. The third-order valence-electron chi connectivity index (χ3n) is 5.73. The molecule has 0 aromatic heterocycles. The topological polar surface area (TPSA) is 36.4 Å². The number of fused-ring (bicyclic) bond motifs is 1. The summed E-state index contributed by atoms with van der Waals surface area (Å²) in [4.78, 5) is 5.02. The maximum atomic E-state index is 5.02. The van der Waals surface area contributed by atoms with Gasteiger partial charge in [-0.2, -0.15) is 0 Å². The number of anilines is 2. The number of para-hydroxylation sites is 2. The summed E-state index contributed by atoms with van der Waals surface area (Å²) in [6, 6.07) is 19.0. The first-order chi connectivity index (χ1) is 13.1. The van der Waals surface area contributed by atoms with Gasteiger partial charge in [-0.1, -0.05) is 70.2 Å². The van der Waals surface area contributed by atoms with Crippen LogP contribution in [0.25, 0.3) is 0 Å². The summed E-state index contributed by atoms with van der Waals surface area (Å²) in [5.74, 6) is 1.10. The summed E-state index contributed by atoms with van der Waals surface area (Å²) >= 11 is 0. The highest BCUT2D eigenvalue weighted by molar-refractivity contribution is 6.09. The van der Waals surface area contributed by atoms with Gasteiger partial charge < -0.3 is 10.6 Å². The molecule has 2 N–H and O–H groups in total. The van der Waals surface area contributed by atoms with Gasteiger partial charge in [-0.05, 0) is 48.8 Å². The van der Waals surface area contributed by atoms with Crippen LogP contribution in [0.4, 0.5) is 11.4 Å². The fourth-order valence-electron chi connectivity index (χ4n) is 3.93. The summed E-state index contributed by atoms with van der Waals surface area (Å²) < 4.78 is 0. The molecule has 27 heavy (non-hydrogen) atoms. The lowest BCUT2D eigenvalue weighted by molar-refractivity contribution is 0.210. The van der Waals surface area contributed by atoms with E-state index in [0.29, 0.717) is 5.41 Å². The highest BCUT2D eigenvalue weighted by Crippen LogP contribution is 2.45. The van der Waals surface area contributed by atoms with E-state index < -0.39 is 0 Å². The molecule has 0 radical (unpaired) electrons. The van der Waals surface area contributed by atoms with Crippen molar-refractivity contribution >= 4 is 17.2 Å². The molecule has 3 nitrogen and oxygen atoms in total. The van der Waals surface area contributed by atoms with E-state index in [1.165, 1.54) is 24.1 Å². The smallest absolute Gasteiger partial charge is 0.127 e. The molecule has 1 fully saturated rings. The molecule has 0 amide bonds. The van der Waals surface area contributed by atoms with Gasteiger partial charge >= 0.3 is 0 Å². The fourth-order valence-corrected chi connectivity index (χ4v) is 3.93. The zero-order valence-corrected chi connectivity index (χ0v) is 17.2. The minimum Gasteiger partial charge on any atom is -0.371 e. The fraction of sp³-hybridized carbons (Fsp3) is 0.458. The zero-order valence-electron chi connectivity index (χ0n) is 17.2. The van der Waals surface area contributed by atoms with Crippen molar-refractivity contribution in [1.82, 2.24) is 0 Å². The largest absolute Gasteiger partial charge is 0.371 e. The van der Waals surface area contributed by atoms with Gasteiger partial charge in [-0.15, -0.1) is 0 Å². The highest BCUT2D eigenvalue weighted by atomic mass is 15.2. The molecule has 144 valence electrons. The van der Waals surface area contributed by atoms with E-state index in [1.54, 1.807) is 0 Å². The van der Waals surface area contributed by atoms with Crippen molar-refractivity contribution in [2.24, 2.45) is 10.4 Å². The summed E-state index contributed by atoms with van der Waals surface area (Å²) in [5.41, 5.74) is 3.94. The molecule has 1 aliphatic carbocycles. The van der Waals surface area contributed by atoms with Crippen LogP contribution in [-0.2, 0) is 6.54 Å². The molecule has 2 aromatic carbocycles. The van der Waals surface area contributed by atoms with Crippen molar-refractivity contribution in [2.45, 2.75) is 65.5 Å². The minimum absolute atomic E-state index is 0.0569. The second-order valence-electron chi connectivity index (χ2n) is 8.19.